The van der Waals surface area contributed by atoms with Crippen LogP contribution in [-0.4, -0.2) is 48.7 Å². The number of ether oxygens (including phenoxy) is 3. The van der Waals surface area contributed by atoms with Gasteiger partial charge in [-0.1, -0.05) is 51.1 Å². The first-order valence-electron chi connectivity index (χ1n) is 11.3. The van der Waals surface area contributed by atoms with Gasteiger partial charge in [0.2, 0.25) is 5.13 Å². The molecule has 4 unspecified atom stereocenters. The molecule has 0 radical (unpaired) electrons. The molecular formula is C22H40ClF3O3. The summed E-state index contributed by atoms with van der Waals surface area (Å²) < 4.78 is 61.4. The molecule has 7 heteroatoms. The number of rotatable bonds is 15. The molecule has 1 saturated carbocycles. The van der Waals surface area contributed by atoms with Gasteiger partial charge in [-0.2, -0.15) is 8.78 Å². The van der Waals surface area contributed by atoms with Crippen LogP contribution >= 0.6 is 11.6 Å². The van der Waals surface area contributed by atoms with E-state index in [2.05, 4.69) is 6.92 Å². The van der Waals surface area contributed by atoms with Gasteiger partial charge in [0.25, 0.3) is 0 Å². The zero-order chi connectivity index (χ0) is 21.9. The van der Waals surface area contributed by atoms with Crippen LogP contribution in [0.4, 0.5) is 13.2 Å². The molecule has 0 amide bonds. The van der Waals surface area contributed by atoms with Crippen molar-refractivity contribution in [1.29, 1.82) is 0 Å². The van der Waals surface area contributed by atoms with Crippen LogP contribution in [0.3, 0.4) is 0 Å². The average Bonchev–Trinajstić information content (AvgIpc) is 2.66. The second-order valence-corrected chi connectivity index (χ2v) is 8.91. The first-order chi connectivity index (χ1) is 13.7. The van der Waals surface area contributed by atoms with Crippen LogP contribution in [0.15, 0.2) is 0 Å². The minimum Gasteiger partial charge on any atom is -0.378 e. The van der Waals surface area contributed by atoms with Crippen molar-refractivity contribution >= 4 is 11.6 Å². The van der Waals surface area contributed by atoms with Crippen molar-refractivity contribution in [3.05, 3.63) is 0 Å². The normalized spacial score (nSPS) is 21.5. The Morgan fingerprint density at radius 2 is 1.62 bits per heavy atom. The highest BCUT2D eigenvalue weighted by atomic mass is 35.5. The van der Waals surface area contributed by atoms with E-state index >= 15 is 0 Å². The number of unbranched alkanes of at least 4 members (excludes halogenated alkanes) is 1. The summed E-state index contributed by atoms with van der Waals surface area (Å²) in [5.41, 5.74) is 0. The molecule has 0 bridgehead atoms. The third kappa shape index (κ3) is 9.32. The molecule has 174 valence electrons. The Balaban J connectivity index is 2.89. The van der Waals surface area contributed by atoms with Crippen molar-refractivity contribution in [2.24, 2.45) is 0 Å². The summed E-state index contributed by atoms with van der Waals surface area (Å²) in [6.07, 6.45) is 4.96. The van der Waals surface area contributed by atoms with Gasteiger partial charge in [-0.25, -0.2) is 4.39 Å². The van der Waals surface area contributed by atoms with Gasteiger partial charge in [-0.3, -0.25) is 0 Å². The van der Waals surface area contributed by atoms with Crippen LogP contribution < -0.4 is 0 Å². The predicted octanol–water partition coefficient (Wildman–Crippen LogP) is 7.04. The Hall–Kier alpha value is -0.0400. The van der Waals surface area contributed by atoms with Crippen LogP contribution in [0, 0.1) is 0 Å². The molecule has 0 aromatic carbocycles. The van der Waals surface area contributed by atoms with Crippen molar-refractivity contribution in [1.82, 2.24) is 0 Å². The highest BCUT2D eigenvalue weighted by molar-refractivity contribution is 6.23. The van der Waals surface area contributed by atoms with E-state index < -0.39 is 23.3 Å². The second kappa shape index (κ2) is 13.4. The van der Waals surface area contributed by atoms with Crippen molar-refractivity contribution in [2.45, 2.75) is 127 Å². The SMILES string of the molecule is CCCCOC(CC)CC(CC(OC1CCCCC1)C(F)(F)C(C)(F)Cl)OCC. The van der Waals surface area contributed by atoms with E-state index in [-0.39, 0.29) is 18.6 Å². The smallest absolute Gasteiger partial charge is 0.320 e. The first-order valence-corrected chi connectivity index (χ1v) is 11.7. The van der Waals surface area contributed by atoms with Crippen LogP contribution in [0.2, 0.25) is 0 Å². The number of halogens is 4. The van der Waals surface area contributed by atoms with E-state index in [0.29, 0.717) is 26.6 Å². The largest absolute Gasteiger partial charge is 0.378 e. The molecule has 4 atom stereocenters. The Bertz CT molecular complexity index is 426. The molecule has 0 aliphatic heterocycles. The molecule has 1 aliphatic carbocycles. The molecule has 0 saturated heterocycles. The van der Waals surface area contributed by atoms with Crippen molar-refractivity contribution in [2.75, 3.05) is 13.2 Å². The molecule has 0 heterocycles. The van der Waals surface area contributed by atoms with Gasteiger partial charge >= 0.3 is 5.92 Å². The van der Waals surface area contributed by atoms with E-state index in [1.807, 2.05) is 13.8 Å². The molecule has 0 N–H and O–H groups in total. The summed E-state index contributed by atoms with van der Waals surface area (Å²) in [6.45, 7) is 7.62. The highest BCUT2D eigenvalue weighted by Gasteiger charge is 2.57. The van der Waals surface area contributed by atoms with Gasteiger partial charge in [0, 0.05) is 19.6 Å². The Labute approximate surface area is 180 Å². The summed E-state index contributed by atoms with van der Waals surface area (Å²) in [5.74, 6) is -3.83. The van der Waals surface area contributed by atoms with Gasteiger partial charge in [0.05, 0.1) is 18.3 Å². The maximum Gasteiger partial charge on any atom is 0.320 e. The summed E-state index contributed by atoms with van der Waals surface area (Å²) >= 11 is 5.45. The lowest BCUT2D eigenvalue weighted by atomic mass is 9.95. The summed E-state index contributed by atoms with van der Waals surface area (Å²) in [4.78, 5) is 0. The van der Waals surface area contributed by atoms with Crippen LogP contribution in [-0.2, 0) is 14.2 Å². The van der Waals surface area contributed by atoms with Crippen molar-refractivity contribution in [3.63, 3.8) is 0 Å². The Morgan fingerprint density at radius 1 is 0.966 bits per heavy atom. The monoisotopic (exact) mass is 444 g/mol. The molecule has 3 nitrogen and oxygen atoms in total. The fraction of sp³-hybridized carbons (Fsp3) is 1.00. The van der Waals surface area contributed by atoms with Crippen molar-refractivity contribution in [3.8, 4) is 0 Å². The van der Waals surface area contributed by atoms with Gasteiger partial charge in [0.15, 0.2) is 0 Å². The summed E-state index contributed by atoms with van der Waals surface area (Å²) in [6, 6.07) is 0. The Morgan fingerprint density at radius 3 is 2.14 bits per heavy atom. The lowest BCUT2D eigenvalue weighted by Crippen LogP contribution is -2.51. The van der Waals surface area contributed by atoms with Crippen LogP contribution in [0.5, 0.6) is 0 Å². The second-order valence-electron chi connectivity index (χ2n) is 8.20. The topological polar surface area (TPSA) is 27.7 Å². The molecule has 1 rings (SSSR count). The maximum atomic E-state index is 14.9. The number of hydrogen-bond donors (Lipinski definition) is 0. The molecule has 0 aromatic heterocycles. The van der Waals surface area contributed by atoms with Gasteiger partial charge in [-0.15, -0.1) is 0 Å². The molecule has 29 heavy (non-hydrogen) atoms. The van der Waals surface area contributed by atoms with Crippen LogP contribution in [0.25, 0.3) is 0 Å². The summed E-state index contributed by atoms with van der Waals surface area (Å²) in [5, 5.41) is -3.19. The zero-order valence-corrected chi connectivity index (χ0v) is 19.3. The van der Waals surface area contributed by atoms with Crippen LogP contribution in [0.1, 0.15) is 91.9 Å². The highest BCUT2D eigenvalue weighted by Crippen LogP contribution is 2.43. The molecular weight excluding hydrogens is 405 g/mol. The van der Waals surface area contributed by atoms with E-state index in [9.17, 15) is 13.2 Å². The third-order valence-electron chi connectivity index (χ3n) is 5.61. The first kappa shape index (κ1) is 27.0. The van der Waals surface area contributed by atoms with Gasteiger partial charge in [-0.05, 0) is 46.0 Å². The van der Waals surface area contributed by atoms with Crippen molar-refractivity contribution < 1.29 is 27.4 Å². The van der Waals surface area contributed by atoms with E-state index in [0.717, 1.165) is 51.4 Å². The average molecular weight is 445 g/mol. The fourth-order valence-electron chi connectivity index (χ4n) is 3.75. The van der Waals surface area contributed by atoms with E-state index in [1.165, 1.54) is 0 Å². The molecule has 1 aliphatic rings. The fourth-order valence-corrected chi connectivity index (χ4v) is 3.87. The van der Waals surface area contributed by atoms with E-state index in [1.54, 1.807) is 0 Å². The lowest BCUT2D eigenvalue weighted by molar-refractivity contribution is -0.213. The quantitative estimate of drug-likeness (QED) is 0.200. The van der Waals surface area contributed by atoms with E-state index in [4.69, 9.17) is 25.8 Å². The molecule has 0 spiro atoms. The minimum atomic E-state index is -3.83. The molecule has 1 fully saturated rings. The Kier molecular flexibility index (Phi) is 12.5. The lowest BCUT2D eigenvalue weighted by Gasteiger charge is -2.37. The molecule has 0 aromatic rings. The standard InChI is InChI=1S/C22H40ClF3O3/c1-5-8-14-28-17(6-2)15-19(27-7-3)16-20(22(25,26)21(4,23)24)29-18-12-10-9-11-13-18/h17-20H,5-16H2,1-4H3. The van der Waals surface area contributed by atoms with Gasteiger partial charge in [0.1, 0.15) is 6.10 Å². The van der Waals surface area contributed by atoms with Gasteiger partial charge < -0.3 is 14.2 Å². The number of hydrogen-bond acceptors (Lipinski definition) is 3. The zero-order valence-electron chi connectivity index (χ0n) is 18.5. The minimum absolute atomic E-state index is 0.0881. The summed E-state index contributed by atoms with van der Waals surface area (Å²) in [7, 11) is 0. The number of alkyl halides is 4. The predicted molar refractivity (Wildman–Crippen MR) is 112 cm³/mol. The maximum absolute atomic E-state index is 14.9. The third-order valence-corrected chi connectivity index (χ3v) is 5.86.